The molecule has 0 aliphatic carbocycles. The fraction of sp³-hybridized carbons (Fsp3) is 0.0714. The van der Waals surface area contributed by atoms with Gasteiger partial charge in [0.15, 0.2) is 0 Å². The minimum absolute atomic E-state index is 0.113. The van der Waals surface area contributed by atoms with Crippen molar-refractivity contribution in [3.05, 3.63) is 64.2 Å². The molecule has 3 nitrogen and oxygen atoms in total. The van der Waals surface area contributed by atoms with Crippen LogP contribution < -0.4 is 11.1 Å². The predicted molar refractivity (Wildman–Crippen MR) is 73.7 cm³/mol. The van der Waals surface area contributed by atoms with Gasteiger partial charge in [-0.3, -0.25) is 4.79 Å². The largest absolute Gasteiger partial charge is 0.379 e. The van der Waals surface area contributed by atoms with Gasteiger partial charge in [-0.05, 0) is 42.0 Å². The minimum Gasteiger partial charge on any atom is -0.379 e. The third-order valence-corrected chi connectivity index (χ3v) is 2.87. The maximum absolute atomic E-state index is 13.6. The molecule has 0 unspecified atom stereocenters. The van der Waals surface area contributed by atoms with Crippen LogP contribution in [0, 0.1) is 11.6 Å². The number of hydrogen-bond donors (Lipinski definition) is 2. The Bertz CT molecular complexity index is 641. The Labute approximate surface area is 119 Å². The first-order chi connectivity index (χ1) is 9.45. The zero-order valence-electron chi connectivity index (χ0n) is 10.3. The average Bonchev–Trinajstić information content (AvgIpc) is 2.36. The summed E-state index contributed by atoms with van der Waals surface area (Å²) >= 11 is 5.73. The van der Waals surface area contributed by atoms with Crippen LogP contribution in [0.5, 0.6) is 0 Å². The molecule has 1 amide bonds. The van der Waals surface area contributed by atoms with Crippen molar-refractivity contribution in [2.75, 3.05) is 5.32 Å². The second-order valence-corrected chi connectivity index (χ2v) is 4.63. The number of carbonyl (C=O) groups is 1. The van der Waals surface area contributed by atoms with Gasteiger partial charge in [-0.2, -0.15) is 0 Å². The van der Waals surface area contributed by atoms with Crippen LogP contribution in [0.1, 0.15) is 15.9 Å². The molecule has 0 aliphatic rings. The van der Waals surface area contributed by atoms with Crippen LogP contribution >= 0.6 is 11.6 Å². The van der Waals surface area contributed by atoms with E-state index in [1.807, 2.05) is 0 Å². The van der Waals surface area contributed by atoms with Gasteiger partial charge in [0.2, 0.25) is 5.91 Å². The van der Waals surface area contributed by atoms with Crippen molar-refractivity contribution in [3.63, 3.8) is 0 Å². The number of anilines is 1. The molecule has 0 saturated heterocycles. The van der Waals surface area contributed by atoms with Crippen molar-refractivity contribution in [1.29, 1.82) is 0 Å². The molecule has 0 bridgehead atoms. The summed E-state index contributed by atoms with van der Waals surface area (Å²) in [6.45, 7) is 0.163. The van der Waals surface area contributed by atoms with Gasteiger partial charge in [0, 0.05) is 17.1 Å². The van der Waals surface area contributed by atoms with Crippen LogP contribution in [-0.4, -0.2) is 5.91 Å². The molecule has 2 aromatic rings. The number of carbonyl (C=O) groups excluding carboxylic acids is 1. The lowest BCUT2D eigenvalue weighted by Gasteiger charge is -2.09. The van der Waals surface area contributed by atoms with Gasteiger partial charge in [0.25, 0.3) is 0 Å². The van der Waals surface area contributed by atoms with Crippen molar-refractivity contribution >= 4 is 23.2 Å². The van der Waals surface area contributed by atoms with Crippen LogP contribution in [0.2, 0.25) is 5.02 Å². The summed E-state index contributed by atoms with van der Waals surface area (Å²) < 4.78 is 26.7. The molecule has 0 radical (unpaired) electrons. The molecule has 6 heteroatoms. The fourth-order valence-corrected chi connectivity index (χ4v) is 1.97. The maximum atomic E-state index is 13.6. The van der Waals surface area contributed by atoms with E-state index in [2.05, 4.69) is 5.32 Å². The number of amides is 1. The van der Waals surface area contributed by atoms with Gasteiger partial charge in [-0.25, -0.2) is 8.78 Å². The van der Waals surface area contributed by atoms with Crippen molar-refractivity contribution in [2.24, 2.45) is 5.73 Å². The highest BCUT2D eigenvalue weighted by Gasteiger charge is 2.07. The lowest BCUT2D eigenvalue weighted by Crippen LogP contribution is -2.12. The fourth-order valence-electron chi connectivity index (χ4n) is 1.72. The average molecular weight is 297 g/mol. The monoisotopic (exact) mass is 296 g/mol. The molecule has 20 heavy (non-hydrogen) atoms. The zero-order valence-corrected chi connectivity index (χ0v) is 11.0. The van der Waals surface area contributed by atoms with Gasteiger partial charge >= 0.3 is 0 Å². The Morgan fingerprint density at radius 2 is 1.95 bits per heavy atom. The number of nitrogens with one attached hydrogen (secondary N) is 1. The minimum atomic E-state index is -0.651. The Morgan fingerprint density at radius 1 is 1.20 bits per heavy atom. The topological polar surface area (TPSA) is 55.1 Å². The van der Waals surface area contributed by atoms with Crippen molar-refractivity contribution in [2.45, 2.75) is 6.54 Å². The Balaban J connectivity index is 2.18. The van der Waals surface area contributed by atoms with Crippen LogP contribution in [0.25, 0.3) is 0 Å². The van der Waals surface area contributed by atoms with Gasteiger partial charge in [-0.15, -0.1) is 0 Å². The maximum Gasteiger partial charge on any atom is 0.248 e. The third-order valence-electron chi connectivity index (χ3n) is 2.66. The van der Waals surface area contributed by atoms with E-state index in [-0.39, 0.29) is 22.8 Å². The highest BCUT2D eigenvalue weighted by molar-refractivity contribution is 6.30. The van der Waals surface area contributed by atoms with Gasteiger partial charge in [0.05, 0.1) is 5.69 Å². The summed E-state index contributed by atoms with van der Waals surface area (Å²) in [5.41, 5.74) is 5.98. The lowest BCUT2D eigenvalue weighted by molar-refractivity contribution is 0.100. The summed E-state index contributed by atoms with van der Waals surface area (Å²) in [7, 11) is 0. The van der Waals surface area contributed by atoms with Crippen LogP contribution in [0.15, 0.2) is 36.4 Å². The molecular formula is C14H11ClF2N2O. The van der Waals surface area contributed by atoms with E-state index in [1.54, 1.807) is 6.07 Å². The first-order valence-electron chi connectivity index (χ1n) is 5.74. The number of nitrogens with two attached hydrogens (primary N) is 1. The number of benzene rings is 2. The highest BCUT2D eigenvalue weighted by atomic mass is 35.5. The zero-order chi connectivity index (χ0) is 14.7. The standard InChI is InChI=1S/C14H11ClF2N2O/c15-10-3-8(4-11(16)6-10)7-19-13-5-9(14(18)20)1-2-12(13)17/h1-6,19H,7H2,(H2,18,20). The highest BCUT2D eigenvalue weighted by Crippen LogP contribution is 2.19. The van der Waals surface area contributed by atoms with E-state index in [0.29, 0.717) is 5.56 Å². The SMILES string of the molecule is NC(=O)c1ccc(F)c(NCc2cc(F)cc(Cl)c2)c1. The lowest BCUT2D eigenvalue weighted by atomic mass is 10.1. The van der Waals surface area contributed by atoms with Crippen LogP contribution in [-0.2, 0) is 6.54 Å². The normalized spacial score (nSPS) is 10.3. The molecule has 0 saturated carbocycles. The number of rotatable bonds is 4. The van der Waals surface area contributed by atoms with Crippen LogP contribution in [0.3, 0.4) is 0 Å². The van der Waals surface area contributed by atoms with E-state index in [0.717, 1.165) is 6.07 Å². The van der Waals surface area contributed by atoms with E-state index < -0.39 is 17.5 Å². The Kier molecular flexibility index (Phi) is 4.20. The molecule has 3 N–H and O–H groups in total. The van der Waals surface area contributed by atoms with Crippen molar-refractivity contribution in [1.82, 2.24) is 0 Å². The first kappa shape index (κ1) is 14.3. The van der Waals surface area contributed by atoms with E-state index >= 15 is 0 Å². The Morgan fingerprint density at radius 3 is 2.60 bits per heavy atom. The van der Waals surface area contributed by atoms with Crippen LogP contribution in [0.4, 0.5) is 14.5 Å². The molecule has 0 aliphatic heterocycles. The summed E-state index contributed by atoms with van der Waals surface area (Å²) in [5, 5.41) is 3.03. The summed E-state index contributed by atoms with van der Waals surface area (Å²) in [5.74, 6) is -1.65. The molecule has 2 rings (SSSR count). The second kappa shape index (κ2) is 5.88. The third kappa shape index (κ3) is 3.45. The van der Waals surface area contributed by atoms with Gasteiger partial charge in [0.1, 0.15) is 11.6 Å². The molecule has 2 aromatic carbocycles. The van der Waals surface area contributed by atoms with E-state index in [1.165, 1.54) is 24.3 Å². The number of hydrogen-bond acceptors (Lipinski definition) is 2. The van der Waals surface area contributed by atoms with Gasteiger partial charge in [-0.1, -0.05) is 11.6 Å². The molecule has 0 fully saturated rings. The molecule has 0 atom stereocenters. The van der Waals surface area contributed by atoms with Gasteiger partial charge < -0.3 is 11.1 Å². The molecule has 0 aromatic heterocycles. The number of primary amides is 1. The van der Waals surface area contributed by atoms with Crippen molar-refractivity contribution < 1.29 is 13.6 Å². The second-order valence-electron chi connectivity index (χ2n) is 4.19. The van der Waals surface area contributed by atoms with Crippen molar-refractivity contribution in [3.8, 4) is 0 Å². The van der Waals surface area contributed by atoms with E-state index in [4.69, 9.17) is 17.3 Å². The quantitative estimate of drug-likeness (QED) is 0.909. The predicted octanol–water partition coefficient (Wildman–Crippen LogP) is 3.33. The summed E-state index contributed by atoms with van der Waals surface area (Å²) in [6, 6.07) is 7.77. The molecule has 104 valence electrons. The number of halogens is 3. The Hall–Kier alpha value is -2.14. The molecule has 0 heterocycles. The molecular weight excluding hydrogens is 286 g/mol. The smallest absolute Gasteiger partial charge is 0.248 e. The first-order valence-corrected chi connectivity index (χ1v) is 6.11. The summed E-state index contributed by atoms with van der Waals surface area (Å²) in [4.78, 5) is 11.0. The molecule has 0 spiro atoms. The van der Waals surface area contributed by atoms with E-state index in [9.17, 15) is 13.6 Å². The summed E-state index contributed by atoms with van der Waals surface area (Å²) in [6.07, 6.45) is 0.